The summed E-state index contributed by atoms with van der Waals surface area (Å²) >= 11 is 6.00. The van der Waals surface area contributed by atoms with Crippen molar-refractivity contribution >= 4 is 83.0 Å². The lowest BCUT2D eigenvalue weighted by atomic mass is 9.88. The van der Waals surface area contributed by atoms with Crippen LogP contribution in [0.15, 0.2) is 36.7 Å². The van der Waals surface area contributed by atoms with Gasteiger partial charge in [-0.15, -0.1) is 0 Å². The highest BCUT2D eigenvalue weighted by atomic mass is 35.5. The third-order valence-electron chi connectivity index (χ3n) is 27.0. The Balaban J connectivity index is 0.000000125. The van der Waals surface area contributed by atoms with Gasteiger partial charge in [0, 0.05) is 166 Å². The highest BCUT2D eigenvalue weighted by Gasteiger charge is 2.48. The van der Waals surface area contributed by atoms with E-state index >= 15 is 0 Å². The Hall–Kier alpha value is -9.16. The smallest absolute Gasteiger partial charge is 0.410 e. The fourth-order valence-electron chi connectivity index (χ4n) is 19.9. The Labute approximate surface area is 724 Å². The van der Waals surface area contributed by atoms with Crippen molar-refractivity contribution in [1.82, 2.24) is 89.4 Å². The van der Waals surface area contributed by atoms with Gasteiger partial charge >= 0.3 is 42.3 Å². The number of carbonyl (C=O) groups is 8. The number of nitriles is 1. The molecule has 11 saturated heterocycles. The number of hydrogen-bond acceptors (Lipinski definition) is 20. The molecule has 0 radical (unpaired) electrons. The minimum Gasteiger partial charge on any atom is -0.444 e. The predicted molar refractivity (Wildman–Crippen MR) is 463 cm³/mol. The molecule has 5 N–H and O–H groups in total. The number of nitrogens with zero attached hydrogens (tertiary/aromatic N) is 19. The average molecular weight is 1710 g/mol. The molecule has 13 heterocycles. The molecular formula is C88H132ClN23O10. The fourth-order valence-corrected chi connectivity index (χ4v) is 20.1. The molecule has 0 spiro atoms. The topological polar surface area (TPSA) is 338 Å². The maximum absolute atomic E-state index is 13.0. The molecule has 5 atom stereocenters. The molecule has 16 fully saturated rings. The van der Waals surface area contributed by atoms with Crippen LogP contribution < -0.4 is 31.5 Å². The van der Waals surface area contributed by atoms with Crippen LogP contribution in [0.5, 0.6) is 0 Å². The number of carbonyl (C=O) groups excluding carboxylic acids is 8. The maximum Gasteiger partial charge on any atom is 0.410 e. The Kier molecular flexibility index (Phi) is 28.0. The van der Waals surface area contributed by atoms with E-state index in [1.807, 2.05) is 77.0 Å². The number of piperidine rings is 6. The molecule has 0 bridgehead atoms. The van der Waals surface area contributed by atoms with E-state index in [1.165, 1.54) is 82.9 Å². The van der Waals surface area contributed by atoms with Crippen LogP contribution in [0.2, 0.25) is 5.15 Å². The number of benzene rings is 1. The summed E-state index contributed by atoms with van der Waals surface area (Å²) in [5.74, 6) is 1.73. The average Bonchev–Trinajstić information content (AvgIpc) is 1.68. The van der Waals surface area contributed by atoms with Crippen molar-refractivity contribution < 1.29 is 47.8 Å². The molecule has 2 aromatic heterocycles. The van der Waals surface area contributed by atoms with Crippen molar-refractivity contribution in [2.45, 2.75) is 273 Å². The Morgan fingerprint density at radius 1 is 0.459 bits per heavy atom. The number of halogens is 1. The molecule has 122 heavy (non-hydrogen) atoms. The summed E-state index contributed by atoms with van der Waals surface area (Å²) in [7, 11) is 0. The summed E-state index contributed by atoms with van der Waals surface area (Å²) in [6, 6.07) is 15.1. The Bertz CT molecular complexity index is 4210. The van der Waals surface area contributed by atoms with E-state index in [2.05, 4.69) is 84.6 Å². The molecule has 666 valence electrons. The number of hydrogen-bond donors (Lipinski definition) is 4. The van der Waals surface area contributed by atoms with Crippen LogP contribution in [0.25, 0.3) is 0 Å². The van der Waals surface area contributed by atoms with Crippen LogP contribution in [0.3, 0.4) is 0 Å². The summed E-state index contributed by atoms with van der Waals surface area (Å²) in [5, 5.41) is 18.6. The second-order valence-corrected chi connectivity index (χ2v) is 38.6. The number of nitrogens with one attached hydrogen (secondary N) is 3. The van der Waals surface area contributed by atoms with Crippen molar-refractivity contribution in [3.63, 3.8) is 0 Å². The Morgan fingerprint density at radius 3 is 1.28 bits per heavy atom. The lowest BCUT2D eigenvalue weighted by molar-refractivity contribution is 0.0135. The van der Waals surface area contributed by atoms with E-state index in [0.29, 0.717) is 92.3 Å². The van der Waals surface area contributed by atoms with E-state index in [-0.39, 0.29) is 77.0 Å². The maximum atomic E-state index is 13.0. The van der Waals surface area contributed by atoms with Crippen LogP contribution in [0.1, 0.15) is 223 Å². The number of aromatic nitrogens is 4. The third-order valence-corrected chi connectivity index (χ3v) is 27.2. The van der Waals surface area contributed by atoms with Gasteiger partial charge in [0.15, 0.2) is 22.4 Å². The summed E-state index contributed by atoms with van der Waals surface area (Å²) < 4.78 is 10.8. The number of ether oxygens (including phenoxy) is 2. The number of anilines is 4. The van der Waals surface area contributed by atoms with E-state index in [1.54, 1.807) is 22.2 Å². The molecule has 16 aliphatic rings. The summed E-state index contributed by atoms with van der Waals surface area (Å²) in [5.41, 5.74) is 7.24. The highest BCUT2D eigenvalue weighted by Crippen LogP contribution is 2.39. The van der Waals surface area contributed by atoms with Gasteiger partial charge in [0.2, 0.25) is 0 Å². The predicted octanol–water partition coefficient (Wildman–Crippen LogP) is 10.5. The van der Waals surface area contributed by atoms with Gasteiger partial charge in [-0.25, -0.2) is 53.5 Å². The van der Waals surface area contributed by atoms with Crippen molar-refractivity contribution in [1.29, 1.82) is 5.26 Å². The second-order valence-electron chi connectivity index (χ2n) is 38.2. The molecule has 11 aliphatic heterocycles. The summed E-state index contributed by atoms with van der Waals surface area (Å²) in [6.45, 7) is 29.7. The zero-order chi connectivity index (χ0) is 85.5. The van der Waals surface area contributed by atoms with Gasteiger partial charge in [-0.3, -0.25) is 4.79 Å². The number of amides is 13. The monoisotopic (exact) mass is 1710 g/mol. The van der Waals surface area contributed by atoms with Gasteiger partial charge in [0.25, 0.3) is 5.91 Å². The zero-order valence-corrected chi connectivity index (χ0v) is 73.6. The molecule has 3 aromatic rings. The van der Waals surface area contributed by atoms with Gasteiger partial charge < -0.3 is 99.8 Å². The van der Waals surface area contributed by atoms with E-state index in [0.717, 1.165) is 200 Å². The fraction of sp³-hybridized carbons (Fsp3) is 0.739. The quantitative estimate of drug-likeness (QED) is 0.103. The molecular weight excluding hydrogens is 1570 g/mol. The summed E-state index contributed by atoms with van der Waals surface area (Å²) in [6.07, 6.45) is 30.1. The SMILES string of the molecule is CC(C)(C)OC(=O)N1CCC[C@@H](N2CCN(C3CC3)C2=O)C1.CC(C)(C)OC(=O)N1CCC[C@@H](N2CCNC2=O)C1.N#Cc1ncc(N2CCC[C@@H](N3CCN(C4CC4)C3=O)C2)nc1Cl.NC(=O)c1ncc(N2CCC[C@@H](N3CCN(C4CC4)C3=O)C2)nc1Nc1ccc(C2CCN(C3CCCC3)CC2)cc1.O=C1N(C2CC2)CCN1[C@@H]1CCCNC1. The van der Waals surface area contributed by atoms with Gasteiger partial charge in [-0.2, -0.15) is 5.26 Å². The van der Waals surface area contributed by atoms with Crippen molar-refractivity contribution in [3.05, 3.63) is 58.8 Å². The zero-order valence-electron chi connectivity index (χ0n) is 72.9. The van der Waals surface area contributed by atoms with Crippen LogP contribution in [-0.4, -0.2) is 343 Å². The molecule has 0 unspecified atom stereocenters. The number of primary amides is 1. The lowest BCUT2D eigenvalue weighted by Gasteiger charge is -2.38. The van der Waals surface area contributed by atoms with Crippen LogP contribution in [0.4, 0.5) is 56.7 Å². The second kappa shape index (κ2) is 38.9. The van der Waals surface area contributed by atoms with E-state index in [4.69, 9.17) is 37.1 Å². The number of nitrogens with two attached hydrogens (primary N) is 1. The van der Waals surface area contributed by atoms with Gasteiger partial charge in [0.1, 0.15) is 28.9 Å². The van der Waals surface area contributed by atoms with E-state index < -0.39 is 17.1 Å². The molecule has 1 aromatic carbocycles. The molecule has 13 amide bonds. The number of urea groups is 5. The van der Waals surface area contributed by atoms with Gasteiger partial charge in [-0.05, 0) is 226 Å². The third kappa shape index (κ3) is 22.1. The molecule has 5 saturated carbocycles. The standard InChI is InChI=1S/C32H44N8O2.C16H19ClN6O.C16H27N3O3.C13H23N3O3.C11H19N3O/c33-30(41)29-31(35-24-9-7-22(8-10-24)23-13-16-37(17-14-23)25-4-1-2-5-25)36-28(20-34-29)38-15-3-6-27(21-38)40-19-18-39(32(40)42)26-11-12-26;17-15-13(8-18)19-9-14(20-15)21-5-1-2-12(10-21)23-7-6-22(16(23)24)11-3-4-11;1-16(2,3)22-15(21)17-8-4-5-13(11-17)19-10-9-18(14(19)20)12-6-7-12;1-13(2,3)19-12(18)15-7-4-5-10(9-15)16-8-6-14-11(16)17;15-11-13(9-3-4-9)6-7-14(11)10-2-1-5-12-8-10/h7-10,20,23,25-27H,1-6,11-19,21H2,(H2,33,41)(H,35,36);9,11-12H,1-7,10H2;12-13H,4-11H2,1-3H3;10H,4-9H2,1-3H3,(H,14,17);9-10,12H,1-8H2/t27-;12-;13-;2*10-/m11111/s1. The number of rotatable bonds is 16. The first kappa shape index (κ1) is 87.7. The largest absolute Gasteiger partial charge is 0.444 e. The number of likely N-dealkylation sites (tertiary alicyclic amines) is 3. The van der Waals surface area contributed by atoms with Crippen LogP contribution in [-0.2, 0) is 9.47 Å². The molecule has 19 rings (SSSR count). The first-order valence-corrected chi connectivity index (χ1v) is 46.4. The Morgan fingerprint density at radius 2 is 0.869 bits per heavy atom. The first-order chi connectivity index (χ1) is 58.8. The normalized spacial score (nSPS) is 25.8. The van der Waals surface area contributed by atoms with Crippen molar-refractivity contribution in [2.24, 2.45) is 5.73 Å². The van der Waals surface area contributed by atoms with Gasteiger partial charge in [-0.1, -0.05) is 36.6 Å². The molecule has 34 heteroatoms. The van der Waals surface area contributed by atoms with Crippen LogP contribution in [0, 0.1) is 11.3 Å². The first-order valence-electron chi connectivity index (χ1n) is 46.0. The van der Waals surface area contributed by atoms with E-state index in [9.17, 15) is 38.4 Å². The van der Waals surface area contributed by atoms with Gasteiger partial charge in [0.05, 0.1) is 36.6 Å². The summed E-state index contributed by atoms with van der Waals surface area (Å²) in [4.78, 5) is 145. The van der Waals surface area contributed by atoms with Crippen molar-refractivity contribution in [3.8, 4) is 6.07 Å². The highest BCUT2D eigenvalue weighted by molar-refractivity contribution is 6.30. The van der Waals surface area contributed by atoms with Crippen LogP contribution >= 0.6 is 11.6 Å². The lowest BCUT2D eigenvalue weighted by Crippen LogP contribution is -2.51. The minimum absolute atomic E-state index is 0.0176. The van der Waals surface area contributed by atoms with Crippen molar-refractivity contribution in [2.75, 3.05) is 159 Å². The molecule has 5 aliphatic carbocycles. The molecule has 33 nitrogen and oxygen atoms in total. The minimum atomic E-state index is -0.610.